The van der Waals surface area contributed by atoms with Crippen LogP contribution in [-0.2, 0) is 0 Å². The van der Waals surface area contributed by atoms with Crippen LogP contribution in [0.4, 0.5) is 0 Å². The van der Waals surface area contributed by atoms with E-state index in [1.165, 1.54) is 57.9 Å². The van der Waals surface area contributed by atoms with E-state index in [1.54, 1.807) is 5.57 Å². The molecule has 0 saturated heterocycles. The Kier molecular flexibility index (Phi) is 5.53. The van der Waals surface area contributed by atoms with Crippen molar-refractivity contribution >= 4 is 0 Å². The first-order chi connectivity index (χ1) is 12.9. The predicted molar refractivity (Wildman–Crippen MR) is 114 cm³/mol. The first-order valence-corrected chi connectivity index (χ1v) is 11.9. The van der Waals surface area contributed by atoms with Crippen molar-refractivity contribution in [2.75, 3.05) is 13.6 Å². The number of nitrogens with one attached hydrogen (secondary N) is 1. The van der Waals surface area contributed by atoms with Gasteiger partial charge in [-0.3, -0.25) is 0 Å². The van der Waals surface area contributed by atoms with E-state index in [1.807, 2.05) is 0 Å². The highest BCUT2D eigenvalue weighted by Gasteiger charge is 2.58. The first kappa shape index (κ1) is 20.0. The Hall–Kier alpha value is -0.340. The van der Waals surface area contributed by atoms with Gasteiger partial charge in [-0.05, 0) is 118 Å². The van der Waals surface area contributed by atoms with Crippen LogP contribution in [0.1, 0.15) is 85.0 Å². The van der Waals surface area contributed by atoms with E-state index in [4.69, 9.17) is 0 Å². The summed E-state index contributed by atoms with van der Waals surface area (Å²) in [5, 5.41) is 13.5. The van der Waals surface area contributed by atoms with Crippen LogP contribution in [0.2, 0.25) is 0 Å². The van der Waals surface area contributed by atoms with Crippen LogP contribution in [0.15, 0.2) is 11.6 Å². The quantitative estimate of drug-likeness (QED) is 0.488. The molecule has 0 aromatic rings. The third-order valence-corrected chi connectivity index (χ3v) is 9.92. The molecule has 27 heavy (non-hydrogen) atoms. The third-order valence-electron chi connectivity index (χ3n) is 9.92. The van der Waals surface area contributed by atoms with Crippen molar-refractivity contribution in [3.63, 3.8) is 0 Å². The zero-order chi connectivity index (χ0) is 19.2. The van der Waals surface area contributed by atoms with Gasteiger partial charge in [0.2, 0.25) is 0 Å². The van der Waals surface area contributed by atoms with E-state index < -0.39 is 0 Å². The lowest BCUT2D eigenvalue weighted by Gasteiger charge is -2.58. The summed E-state index contributed by atoms with van der Waals surface area (Å²) in [7, 11) is 2.08. The number of aliphatic hydroxyl groups is 1. The molecule has 0 aliphatic heterocycles. The van der Waals surface area contributed by atoms with Crippen LogP contribution < -0.4 is 5.32 Å². The predicted octanol–water partition coefficient (Wildman–Crippen LogP) is 5.56. The summed E-state index contributed by atoms with van der Waals surface area (Å²) in [4.78, 5) is 0. The maximum atomic E-state index is 10.2. The topological polar surface area (TPSA) is 32.3 Å². The maximum Gasteiger partial charge on any atom is 0.0577 e. The van der Waals surface area contributed by atoms with Crippen LogP contribution in [0.3, 0.4) is 0 Å². The van der Waals surface area contributed by atoms with Crippen LogP contribution >= 0.6 is 0 Å². The Bertz CT molecular complexity index is 571. The largest absolute Gasteiger partial charge is 0.393 e. The minimum Gasteiger partial charge on any atom is -0.393 e. The first-order valence-electron chi connectivity index (χ1n) is 11.9. The molecule has 8 atom stereocenters. The van der Waals surface area contributed by atoms with Gasteiger partial charge in [0.15, 0.2) is 0 Å². The molecule has 4 aliphatic rings. The summed E-state index contributed by atoms with van der Waals surface area (Å²) in [6, 6.07) is 0. The van der Waals surface area contributed by atoms with Crippen molar-refractivity contribution in [2.45, 2.75) is 91.1 Å². The van der Waals surface area contributed by atoms with Gasteiger partial charge in [0.05, 0.1) is 6.10 Å². The van der Waals surface area contributed by atoms with Crippen molar-refractivity contribution in [2.24, 2.45) is 40.4 Å². The fourth-order valence-corrected chi connectivity index (χ4v) is 8.42. The van der Waals surface area contributed by atoms with E-state index in [9.17, 15) is 5.11 Å². The van der Waals surface area contributed by atoms with Crippen LogP contribution in [-0.4, -0.2) is 24.8 Å². The maximum absolute atomic E-state index is 10.2. The molecule has 3 fully saturated rings. The third kappa shape index (κ3) is 3.23. The second-order valence-corrected chi connectivity index (χ2v) is 11.1. The lowest BCUT2D eigenvalue weighted by atomic mass is 9.47. The van der Waals surface area contributed by atoms with Gasteiger partial charge in [-0.2, -0.15) is 0 Å². The number of fused-ring (bicyclic) bond motifs is 5. The smallest absolute Gasteiger partial charge is 0.0577 e. The molecular formula is C25H43NO. The van der Waals surface area contributed by atoms with Crippen molar-refractivity contribution in [3.05, 3.63) is 11.6 Å². The van der Waals surface area contributed by atoms with E-state index in [2.05, 4.69) is 39.2 Å². The molecule has 2 N–H and O–H groups in total. The normalized spacial score (nSPS) is 47.6. The molecule has 4 rings (SSSR count). The summed E-state index contributed by atoms with van der Waals surface area (Å²) in [6.07, 6.45) is 15.5. The molecule has 0 radical (unpaired) electrons. The van der Waals surface area contributed by atoms with Crippen molar-refractivity contribution in [1.29, 1.82) is 0 Å². The van der Waals surface area contributed by atoms with Crippen molar-refractivity contribution in [3.8, 4) is 0 Å². The van der Waals surface area contributed by atoms with Gasteiger partial charge >= 0.3 is 0 Å². The number of hydrogen-bond donors (Lipinski definition) is 2. The minimum atomic E-state index is -0.0796. The SMILES string of the molecule is CNCCCC(C)[C@H]1CCC2C3CC=C4CC(O)CC[C@]4(C)C3CC[C@@]21C. The Labute approximate surface area is 167 Å². The summed E-state index contributed by atoms with van der Waals surface area (Å²) < 4.78 is 0. The summed E-state index contributed by atoms with van der Waals surface area (Å²) in [5.41, 5.74) is 2.58. The fourth-order valence-electron chi connectivity index (χ4n) is 8.42. The van der Waals surface area contributed by atoms with E-state index in [-0.39, 0.29) is 6.10 Å². The van der Waals surface area contributed by atoms with Gasteiger partial charge in [-0.25, -0.2) is 0 Å². The standard InChI is InChI=1S/C25H43NO/c1-17(6-5-15-26-4)21-9-10-22-20-8-7-18-16-19(27)11-13-24(18,2)23(20)12-14-25(21,22)3/h7,17,19-23,26-27H,5-6,8-16H2,1-4H3/t17?,19?,20?,21-,22?,23?,24+,25-/m1/s1. The molecule has 4 aliphatic carbocycles. The van der Waals surface area contributed by atoms with Crippen molar-refractivity contribution in [1.82, 2.24) is 5.32 Å². The Morgan fingerprint density at radius 2 is 1.96 bits per heavy atom. The van der Waals surface area contributed by atoms with Crippen LogP contribution in [0.25, 0.3) is 0 Å². The molecule has 0 aromatic heterocycles. The summed E-state index contributed by atoms with van der Waals surface area (Å²) >= 11 is 0. The number of aliphatic hydroxyl groups excluding tert-OH is 1. The van der Waals surface area contributed by atoms with Crippen LogP contribution in [0.5, 0.6) is 0 Å². The molecule has 2 heteroatoms. The molecule has 2 nitrogen and oxygen atoms in total. The molecule has 154 valence electrons. The van der Waals surface area contributed by atoms with Gasteiger partial charge < -0.3 is 10.4 Å². The summed E-state index contributed by atoms with van der Waals surface area (Å²) in [6.45, 7) is 8.94. The fraction of sp³-hybridized carbons (Fsp3) is 0.920. The zero-order valence-corrected chi connectivity index (χ0v) is 18.3. The lowest BCUT2D eigenvalue weighted by Crippen LogP contribution is -2.50. The molecule has 0 bridgehead atoms. The minimum absolute atomic E-state index is 0.0796. The monoisotopic (exact) mass is 373 g/mol. The van der Waals surface area contributed by atoms with Gasteiger partial charge in [-0.15, -0.1) is 0 Å². The zero-order valence-electron chi connectivity index (χ0n) is 18.3. The lowest BCUT2D eigenvalue weighted by molar-refractivity contribution is -0.0572. The number of rotatable bonds is 5. The second kappa shape index (κ2) is 7.48. The molecule has 0 amide bonds. The van der Waals surface area contributed by atoms with Crippen molar-refractivity contribution < 1.29 is 5.11 Å². The van der Waals surface area contributed by atoms with Gasteiger partial charge in [0, 0.05) is 0 Å². The molecular weight excluding hydrogens is 330 g/mol. The van der Waals surface area contributed by atoms with E-state index in [0.29, 0.717) is 10.8 Å². The van der Waals surface area contributed by atoms with E-state index >= 15 is 0 Å². The van der Waals surface area contributed by atoms with Gasteiger partial charge in [0.1, 0.15) is 0 Å². The Morgan fingerprint density at radius 3 is 2.74 bits per heavy atom. The molecule has 3 saturated carbocycles. The van der Waals surface area contributed by atoms with Gasteiger partial charge in [-0.1, -0.05) is 32.4 Å². The highest BCUT2D eigenvalue weighted by atomic mass is 16.3. The average molecular weight is 374 g/mol. The van der Waals surface area contributed by atoms with E-state index in [0.717, 1.165) is 42.4 Å². The highest BCUT2D eigenvalue weighted by Crippen LogP contribution is 2.67. The Morgan fingerprint density at radius 1 is 1.15 bits per heavy atom. The highest BCUT2D eigenvalue weighted by molar-refractivity contribution is 5.25. The average Bonchev–Trinajstić information content (AvgIpc) is 3.00. The number of allylic oxidation sites excluding steroid dienone is 1. The second-order valence-electron chi connectivity index (χ2n) is 11.1. The molecule has 0 spiro atoms. The molecule has 5 unspecified atom stereocenters. The number of hydrogen-bond acceptors (Lipinski definition) is 2. The van der Waals surface area contributed by atoms with Gasteiger partial charge in [0.25, 0.3) is 0 Å². The summed E-state index contributed by atoms with van der Waals surface area (Å²) in [5.74, 6) is 4.53. The van der Waals surface area contributed by atoms with Crippen LogP contribution in [0, 0.1) is 40.4 Å². The molecule has 0 aromatic carbocycles. The molecule has 0 heterocycles. The Balaban J connectivity index is 1.52.